The van der Waals surface area contributed by atoms with E-state index in [1.807, 2.05) is 11.3 Å². The van der Waals surface area contributed by atoms with E-state index in [9.17, 15) is 0 Å². The van der Waals surface area contributed by atoms with Crippen LogP contribution in [0.3, 0.4) is 0 Å². The molecule has 12 rings (SSSR count). The van der Waals surface area contributed by atoms with Crippen molar-refractivity contribution >= 4 is 90.0 Å². The summed E-state index contributed by atoms with van der Waals surface area (Å²) in [4.78, 5) is 2.58. The van der Waals surface area contributed by atoms with Crippen molar-refractivity contribution in [3.63, 3.8) is 0 Å². The van der Waals surface area contributed by atoms with E-state index in [1.54, 1.807) is 0 Å². The number of benzene rings is 9. The SMILES string of the molecule is c1ccc2c(c1)Oc1ccccc1C21c2ccccc2[SiH2]c2c(N(c3ccc4c(ccc5ccccc54)c3)c3cccc4c3sc3ccccc34)cccc21. The molecule has 2 aliphatic rings. The fourth-order valence-corrected chi connectivity index (χ4v) is 13.2. The molecular weight excluding hydrogens is 703 g/mol. The Kier molecular flexibility index (Phi) is 6.62. The largest absolute Gasteiger partial charge is 0.457 e. The van der Waals surface area contributed by atoms with Gasteiger partial charge in [-0.1, -0.05) is 151 Å². The Morgan fingerprint density at radius 1 is 0.455 bits per heavy atom. The normalized spacial score (nSPS) is 14.1. The van der Waals surface area contributed by atoms with Crippen LogP contribution in [0.2, 0.25) is 0 Å². The van der Waals surface area contributed by atoms with Gasteiger partial charge in [0.2, 0.25) is 0 Å². The maximum Gasteiger partial charge on any atom is 0.132 e. The topological polar surface area (TPSA) is 12.5 Å². The third kappa shape index (κ3) is 4.35. The molecule has 3 heterocycles. The summed E-state index contributed by atoms with van der Waals surface area (Å²) in [5.41, 5.74) is 8.23. The molecule has 10 aromatic rings. The van der Waals surface area contributed by atoms with Gasteiger partial charge in [-0.2, -0.15) is 0 Å². The number of para-hydroxylation sites is 2. The highest BCUT2D eigenvalue weighted by Crippen LogP contribution is 2.56. The number of anilines is 3. The van der Waals surface area contributed by atoms with Gasteiger partial charge in [0.15, 0.2) is 0 Å². The molecule has 1 spiro atoms. The monoisotopic (exact) mass is 735 g/mol. The Morgan fingerprint density at radius 3 is 1.93 bits per heavy atom. The number of rotatable bonds is 3. The molecule has 0 fully saturated rings. The van der Waals surface area contributed by atoms with Gasteiger partial charge in [-0.15, -0.1) is 11.3 Å². The summed E-state index contributed by atoms with van der Waals surface area (Å²) in [5, 5.41) is 10.6. The molecule has 0 aliphatic carbocycles. The van der Waals surface area contributed by atoms with Crippen LogP contribution in [0.1, 0.15) is 22.3 Å². The van der Waals surface area contributed by atoms with Gasteiger partial charge in [-0.25, -0.2) is 0 Å². The molecule has 55 heavy (non-hydrogen) atoms. The van der Waals surface area contributed by atoms with Gasteiger partial charge in [0.05, 0.1) is 25.3 Å². The van der Waals surface area contributed by atoms with Crippen LogP contribution in [0.25, 0.3) is 41.7 Å². The van der Waals surface area contributed by atoms with Crippen LogP contribution < -0.4 is 20.0 Å². The summed E-state index contributed by atoms with van der Waals surface area (Å²) in [6.07, 6.45) is 0. The lowest BCUT2D eigenvalue weighted by Gasteiger charge is -2.46. The first-order valence-electron chi connectivity index (χ1n) is 19.0. The number of nitrogens with zero attached hydrogens (tertiary/aromatic N) is 1. The summed E-state index contributed by atoms with van der Waals surface area (Å²) >= 11 is 1.89. The second-order valence-corrected chi connectivity index (χ2v) is 17.6. The molecule has 0 amide bonds. The molecule has 4 heteroatoms. The third-order valence-corrected chi connectivity index (χ3v) is 15.3. The minimum absolute atomic E-state index is 0.532. The van der Waals surface area contributed by atoms with E-state index in [0.29, 0.717) is 0 Å². The molecule has 0 unspecified atom stereocenters. The molecule has 2 aliphatic heterocycles. The van der Waals surface area contributed by atoms with Gasteiger partial charge >= 0.3 is 0 Å². The molecule has 0 bridgehead atoms. The quantitative estimate of drug-likeness (QED) is 0.132. The van der Waals surface area contributed by atoms with Crippen molar-refractivity contribution in [2.24, 2.45) is 0 Å². The Labute approximate surface area is 325 Å². The van der Waals surface area contributed by atoms with E-state index in [1.165, 1.54) is 85.7 Å². The number of hydrogen-bond donors (Lipinski definition) is 0. The average Bonchev–Trinajstić information content (AvgIpc) is 3.63. The number of hydrogen-bond acceptors (Lipinski definition) is 3. The first-order chi connectivity index (χ1) is 27.3. The zero-order valence-electron chi connectivity index (χ0n) is 29.9. The maximum absolute atomic E-state index is 6.70. The zero-order valence-corrected chi connectivity index (χ0v) is 32.1. The summed E-state index contributed by atoms with van der Waals surface area (Å²) in [7, 11) is -0.971. The van der Waals surface area contributed by atoms with Crippen molar-refractivity contribution in [1.82, 2.24) is 0 Å². The Balaban J connectivity index is 1.19. The number of ether oxygens (including phenoxy) is 1. The summed E-state index contributed by atoms with van der Waals surface area (Å²) < 4.78 is 9.31. The molecule has 2 nitrogen and oxygen atoms in total. The molecule has 0 atom stereocenters. The van der Waals surface area contributed by atoms with Crippen LogP contribution in [-0.2, 0) is 5.41 Å². The fraction of sp³-hybridized carbons (Fsp3) is 0.0196. The Hall–Kier alpha value is -6.46. The predicted octanol–water partition coefficient (Wildman–Crippen LogP) is 11.8. The second kappa shape index (κ2) is 11.8. The lowest BCUT2D eigenvalue weighted by Crippen LogP contribution is -2.51. The first-order valence-corrected chi connectivity index (χ1v) is 21.2. The van der Waals surface area contributed by atoms with E-state index in [4.69, 9.17) is 4.74 Å². The zero-order chi connectivity index (χ0) is 36.1. The highest BCUT2D eigenvalue weighted by molar-refractivity contribution is 7.26. The Morgan fingerprint density at radius 2 is 1.07 bits per heavy atom. The van der Waals surface area contributed by atoms with Crippen LogP contribution in [0, 0.1) is 0 Å². The van der Waals surface area contributed by atoms with Crippen molar-refractivity contribution in [2.45, 2.75) is 5.41 Å². The molecule has 0 radical (unpaired) electrons. The van der Waals surface area contributed by atoms with Crippen molar-refractivity contribution in [3.8, 4) is 11.5 Å². The van der Waals surface area contributed by atoms with E-state index in [0.717, 1.165) is 17.2 Å². The summed E-state index contributed by atoms with van der Waals surface area (Å²) in [5.74, 6) is 1.84. The predicted molar refractivity (Wildman–Crippen MR) is 235 cm³/mol. The summed E-state index contributed by atoms with van der Waals surface area (Å²) in [6, 6.07) is 69.7. The molecule has 1 aromatic heterocycles. The number of fused-ring (bicyclic) bond motifs is 14. The molecular formula is C51H33NOSSi. The van der Waals surface area contributed by atoms with Crippen molar-refractivity contribution in [1.29, 1.82) is 0 Å². The van der Waals surface area contributed by atoms with Gasteiger partial charge in [0.25, 0.3) is 0 Å². The second-order valence-electron chi connectivity index (χ2n) is 14.8. The minimum Gasteiger partial charge on any atom is -0.457 e. The van der Waals surface area contributed by atoms with Gasteiger partial charge in [-0.3, -0.25) is 0 Å². The fourth-order valence-electron chi connectivity index (χ4n) is 9.73. The van der Waals surface area contributed by atoms with Crippen LogP contribution >= 0.6 is 11.3 Å². The molecule has 9 aromatic carbocycles. The lowest BCUT2D eigenvalue weighted by molar-refractivity contribution is 0.435. The lowest BCUT2D eigenvalue weighted by atomic mass is 9.63. The van der Waals surface area contributed by atoms with Crippen LogP contribution in [0.4, 0.5) is 17.1 Å². The minimum atomic E-state index is -0.971. The molecule has 0 saturated carbocycles. The first kappa shape index (κ1) is 30.9. The van der Waals surface area contributed by atoms with Gasteiger partial charge in [0, 0.05) is 38.0 Å². The van der Waals surface area contributed by atoms with Crippen LogP contribution in [0.5, 0.6) is 11.5 Å². The van der Waals surface area contributed by atoms with Gasteiger partial charge in [0.1, 0.15) is 11.5 Å². The molecule has 0 saturated heterocycles. The summed E-state index contributed by atoms with van der Waals surface area (Å²) in [6.45, 7) is 0. The van der Waals surface area contributed by atoms with Crippen LogP contribution in [-0.4, -0.2) is 9.52 Å². The Bertz CT molecular complexity index is 3140. The van der Waals surface area contributed by atoms with Gasteiger partial charge in [-0.05, 0) is 80.3 Å². The molecule has 258 valence electrons. The van der Waals surface area contributed by atoms with Crippen molar-refractivity contribution < 1.29 is 4.74 Å². The van der Waals surface area contributed by atoms with E-state index in [2.05, 4.69) is 193 Å². The average molecular weight is 736 g/mol. The smallest absolute Gasteiger partial charge is 0.132 e. The van der Waals surface area contributed by atoms with Crippen molar-refractivity contribution in [2.75, 3.05) is 4.90 Å². The van der Waals surface area contributed by atoms with Gasteiger partial charge < -0.3 is 9.64 Å². The highest BCUT2D eigenvalue weighted by atomic mass is 32.1. The van der Waals surface area contributed by atoms with Crippen molar-refractivity contribution in [3.05, 3.63) is 210 Å². The van der Waals surface area contributed by atoms with E-state index >= 15 is 0 Å². The van der Waals surface area contributed by atoms with E-state index in [-0.39, 0.29) is 0 Å². The van der Waals surface area contributed by atoms with Crippen LogP contribution in [0.15, 0.2) is 188 Å². The standard InChI is InChI=1S/C51H33NOSSi/c1-2-14-35-32(13-1)27-28-33-31-34(29-30-36(33)35)52(43-21-11-16-38-37-15-3-9-25-47(37)54-49(38)43)44-22-12-20-42-50(44)55-48-26-10-6-19-41(48)51(42)39-17-4-7-23-45(39)53-46-24-8-5-18-40(46)51/h1-31H,55H2. The highest BCUT2D eigenvalue weighted by Gasteiger charge is 2.49. The maximum atomic E-state index is 6.70. The molecule has 0 N–H and O–H groups in total. The van der Waals surface area contributed by atoms with E-state index < -0.39 is 14.9 Å². The number of thiophene rings is 1. The third-order valence-electron chi connectivity index (χ3n) is 12.0.